The third-order valence-electron chi connectivity index (χ3n) is 2.32. The lowest BCUT2D eigenvalue weighted by molar-refractivity contribution is 0.269. The van der Waals surface area contributed by atoms with Gasteiger partial charge in [0, 0.05) is 18.8 Å². The number of hydrogen-bond acceptors (Lipinski definition) is 7. The third-order valence-corrected chi connectivity index (χ3v) is 6.53. The van der Waals surface area contributed by atoms with Crippen molar-refractivity contribution < 1.29 is 13.2 Å². The largest absolute Gasteiger partial charge is 0.291 e. The Morgan fingerprint density at radius 3 is 2.50 bits per heavy atom. The Labute approximate surface area is 127 Å². The Hall–Kier alpha value is -0.710. The predicted octanol–water partition coefficient (Wildman–Crippen LogP) is 2.24. The fourth-order valence-electron chi connectivity index (χ4n) is 1.36. The van der Waals surface area contributed by atoms with Gasteiger partial charge in [-0.05, 0) is 6.42 Å². The van der Waals surface area contributed by atoms with E-state index in [-0.39, 0.29) is 14.7 Å². The fraction of sp³-hybridized carbons (Fsp3) is 0.700. The molecular weight excluding hydrogens is 320 g/mol. The van der Waals surface area contributed by atoms with Gasteiger partial charge in [0.25, 0.3) is 15.3 Å². The smallest absolute Gasteiger partial charge is 0.285 e. The SMILES string of the molecule is CCCSC(=O)Nc1nnc(S(=O)(=O)N(CC)CC)s1. The second-order valence-corrected chi connectivity index (χ2v) is 7.88. The average molecular weight is 338 g/mol. The van der Waals surface area contributed by atoms with E-state index in [0.717, 1.165) is 29.5 Å². The van der Waals surface area contributed by atoms with Gasteiger partial charge in [-0.25, -0.2) is 8.42 Å². The number of rotatable bonds is 7. The lowest BCUT2D eigenvalue weighted by Gasteiger charge is -2.15. The third kappa shape index (κ3) is 4.40. The van der Waals surface area contributed by atoms with E-state index in [4.69, 9.17) is 0 Å². The molecule has 0 saturated carbocycles. The molecule has 0 aliphatic rings. The number of anilines is 1. The van der Waals surface area contributed by atoms with E-state index in [1.54, 1.807) is 13.8 Å². The lowest BCUT2D eigenvalue weighted by Crippen LogP contribution is -2.30. The van der Waals surface area contributed by atoms with Gasteiger partial charge in [-0.15, -0.1) is 10.2 Å². The van der Waals surface area contributed by atoms with Crippen LogP contribution in [0.15, 0.2) is 4.34 Å². The quantitative estimate of drug-likeness (QED) is 0.767. The number of thioether (sulfide) groups is 1. The molecule has 1 N–H and O–H groups in total. The monoisotopic (exact) mass is 338 g/mol. The first-order chi connectivity index (χ1) is 9.45. The molecule has 1 rings (SSSR count). The number of carbonyl (C=O) groups is 1. The van der Waals surface area contributed by atoms with Crippen LogP contribution in [0.2, 0.25) is 0 Å². The van der Waals surface area contributed by atoms with E-state index < -0.39 is 10.0 Å². The number of nitrogens with zero attached hydrogens (tertiary/aromatic N) is 3. The van der Waals surface area contributed by atoms with Crippen molar-refractivity contribution in [3.8, 4) is 0 Å². The Morgan fingerprint density at radius 2 is 1.95 bits per heavy atom. The molecule has 0 spiro atoms. The molecule has 1 heterocycles. The molecule has 1 amide bonds. The van der Waals surface area contributed by atoms with E-state index in [0.29, 0.717) is 18.8 Å². The number of sulfonamides is 1. The molecular formula is C10H18N4O3S3. The van der Waals surface area contributed by atoms with Crippen molar-refractivity contribution in [2.75, 3.05) is 24.2 Å². The number of hydrogen-bond donors (Lipinski definition) is 1. The summed E-state index contributed by atoms with van der Waals surface area (Å²) in [6.45, 7) is 6.22. The Balaban J connectivity index is 2.79. The van der Waals surface area contributed by atoms with Crippen molar-refractivity contribution in [2.24, 2.45) is 0 Å². The normalized spacial score (nSPS) is 11.8. The Morgan fingerprint density at radius 1 is 1.30 bits per heavy atom. The zero-order valence-electron chi connectivity index (χ0n) is 11.6. The van der Waals surface area contributed by atoms with Gasteiger partial charge < -0.3 is 0 Å². The zero-order chi connectivity index (χ0) is 15.2. The van der Waals surface area contributed by atoms with Gasteiger partial charge in [0.05, 0.1) is 0 Å². The van der Waals surface area contributed by atoms with E-state index in [1.165, 1.54) is 4.31 Å². The highest BCUT2D eigenvalue weighted by Crippen LogP contribution is 2.24. The molecule has 1 aromatic rings. The number of carbonyl (C=O) groups excluding carboxylic acids is 1. The number of aromatic nitrogens is 2. The minimum absolute atomic E-state index is 0.100. The summed E-state index contributed by atoms with van der Waals surface area (Å²) in [7, 11) is -3.61. The van der Waals surface area contributed by atoms with Crippen molar-refractivity contribution in [3.63, 3.8) is 0 Å². The van der Waals surface area contributed by atoms with Crippen LogP contribution in [-0.4, -0.2) is 47.0 Å². The van der Waals surface area contributed by atoms with Crippen LogP contribution in [0.25, 0.3) is 0 Å². The van der Waals surface area contributed by atoms with Crippen LogP contribution in [0.4, 0.5) is 9.93 Å². The van der Waals surface area contributed by atoms with E-state index in [2.05, 4.69) is 15.5 Å². The molecule has 0 fully saturated rings. The summed E-state index contributed by atoms with van der Waals surface area (Å²) in [4.78, 5) is 11.5. The maximum Gasteiger partial charge on any atom is 0.285 e. The molecule has 114 valence electrons. The minimum atomic E-state index is -3.61. The standard InChI is InChI=1S/C10H18N4O3S3/c1-4-7-18-9(15)11-8-12-13-10(19-8)20(16,17)14(5-2)6-3/h4-7H2,1-3H3,(H,11,12,15). The van der Waals surface area contributed by atoms with Crippen LogP contribution in [0.5, 0.6) is 0 Å². The summed E-state index contributed by atoms with van der Waals surface area (Å²) in [5.41, 5.74) is 0. The zero-order valence-corrected chi connectivity index (χ0v) is 14.1. The van der Waals surface area contributed by atoms with E-state index in [1.807, 2.05) is 6.92 Å². The van der Waals surface area contributed by atoms with Gasteiger partial charge in [0.15, 0.2) is 0 Å². The maximum atomic E-state index is 12.2. The van der Waals surface area contributed by atoms with Crippen LogP contribution in [0.1, 0.15) is 27.2 Å². The number of nitrogens with one attached hydrogen (secondary N) is 1. The molecule has 20 heavy (non-hydrogen) atoms. The van der Waals surface area contributed by atoms with Crippen LogP contribution in [0, 0.1) is 0 Å². The van der Waals surface area contributed by atoms with Crippen molar-refractivity contribution in [1.29, 1.82) is 0 Å². The molecule has 7 nitrogen and oxygen atoms in total. The minimum Gasteiger partial charge on any atom is -0.291 e. The molecule has 0 bridgehead atoms. The van der Waals surface area contributed by atoms with Gasteiger partial charge in [-0.2, -0.15) is 4.31 Å². The highest BCUT2D eigenvalue weighted by molar-refractivity contribution is 8.13. The Kier molecular flexibility index (Phi) is 6.86. The molecule has 0 aliphatic heterocycles. The summed E-state index contributed by atoms with van der Waals surface area (Å²) in [5.74, 6) is 0.704. The highest BCUT2D eigenvalue weighted by Gasteiger charge is 2.26. The molecule has 10 heteroatoms. The highest BCUT2D eigenvalue weighted by atomic mass is 32.2. The first kappa shape index (κ1) is 17.3. The molecule has 0 unspecified atom stereocenters. The summed E-state index contributed by atoms with van der Waals surface area (Å²) < 4.78 is 25.6. The Bertz CT molecular complexity index is 540. The van der Waals surface area contributed by atoms with Crippen molar-refractivity contribution in [2.45, 2.75) is 31.5 Å². The van der Waals surface area contributed by atoms with Gasteiger partial charge in [-0.1, -0.05) is 43.9 Å². The summed E-state index contributed by atoms with van der Waals surface area (Å²) in [5, 5.41) is 9.83. The van der Waals surface area contributed by atoms with Gasteiger partial charge in [0.2, 0.25) is 9.47 Å². The molecule has 0 saturated heterocycles. The van der Waals surface area contributed by atoms with Crippen LogP contribution >= 0.6 is 23.1 Å². The van der Waals surface area contributed by atoms with Crippen molar-refractivity contribution in [3.05, 3.63) is 0 Å². The van der Waals surface area contributed by atoms with Gasteiger partial charge in [0.1, 0.15) is 0 Å². The van der Waals surface area contributed by atoms with Crippen molar-refractivity contribution in [1.82, 2.24) is 14.5 Å². The van der Waals surface area contributed by atoms with Crippen LogP contribution in [-0.2, 0) is 10.0 Å². The molecule has 0 aromatic carbocycles. The lowest BCUT2D eigenvalue weighted by atomic mass is 10.6. The van der Waals surface area contributed by atoms with Gasteiger partial charge in [-0.3, -0.25) is 10.1 Å². The van der Waals surface area contributed by atoms with Crippen LogP contribution in [0.3, 0.4) is 0 Å². The van der Waals surface area contributed by atoms with Crippen molar-refractivity contribution >= 4 is 43.5 Å². The maximum absolute atomic E-state index is 12.2. The summed E-state index contributed by atoms with van der Waals surface area (Å²) >= 11 is 2.00. The number of amides is 1. The summed E-state index contributed by atoms with van der Waals surface area (Å²) in [6.07, 6.45) is 0.885. The van der Waals surface area contributed by atoms with Crippen LogP contribution < -0.4 is 5.32 Å². The molecule has 0 aliphatic carbocycles. The van der Waals surface area contributed by atoms with Gasteiger partial charge >= 0.3 is 0 Å². The second kappa shape index (κ2) is 7.91. The fourth-order valence-corrected chi connectivity index (χ4v) is 4.47. The van der Waals surface area contributed by atoms with E-state index >= 15 is 0 Å². The van der Waals surface area contributed by atoms with E-state index in [9.17, 15) is 13.2 Å². The first-order valence-electron chi connectivity index (χ1n) is 6.23. The summed E-state index contributed by atoms with van der Waals surface area (Å²) in [6, 6.07) is 0. The first-order valence-corrected chi connectivity index (χ1v) is 9.47. The second-order valence-electron chi connectivity index (χ2n) is 3.72. The molecule has 0 atom stereocenters. The average Bonchev–Trinajstić information content (AvgIpc) is 2.86. The molecule has 0 radical (unpaired) electrons. The topological polar surface area (TPSA) is 92.3 Å². The molecule has 1 aromatic heterocycles. The predicted molar refractivity (Wildman–Crippen MR) is 81.8 cm³/mol.